The van der Waals surface area contributed by atoms with Crippen molar-refractivity contribution in [1.29, 1.82) is 0 Å². The van der Waals surface area contributed by atoms with Crippen LogP contribution in [-0.2, 0) is 18.4 Å². The zero-order chi connectivity index (χ0) is 17.4. The first-order chi connectivity index (χ1) is 12.1. The average Bonchev–Trinajstić information content (AvgIpc) is 3.30. The molecule has 0 saturated carbocycles. The van der Waals surface area contributed by atoms with Crippen LogP contribution in [0.4, 0.5) is 5.95 Å². The van der Waals surface area contributed by atoms with Crippen LogP contribution in [0.3, 0.4) is 0 Å². The third kappa shape index (κ3) is 2.80. The summed E-state index contributed by atoms with van der Waals surface area (Å²) < 4.78 is 2.85. The number of aromatic amines is 1. The number of aromatic nitrogens is 7. The number of hydrogen-bond donors (Lipinski definition) is 2. The lowest BCUT2D eigenvalue weighted by Gasteiger charge is -2.04. The smallest absolute Gasteiger partial charge is 0.261 e. The molecule has 4 aromatic rings. The van der Waals surface area contributed by atoms with Gasteiger partial charge < -0.3 is 4.98 Å². The zero-order valence-corrected chi connectivity index (χ0v) is 13.8. The minimum atomic E-state index is -0.347. The topological polar surface area (TPSA) is 123 Å². The molecular weight excluding hydrogens is 344 g/mol. The molecule has 11 heteroatoms. The Morgan fingerprint density at radius 1 is 1.44 bits per heavy atom. The maximum atomic E-state index is 12.3. The van der Waals surface area contributed by atoms with E-state index in [-0.39, 0.29) is 18.0 Å². The summed E-state index contributed by atoms with van der Waals surface area (Å²) in [5.41, 5.74) is 0.0432. The Morgan fingerprint density at radius 2 is 2.32 bits per heavy atom. The van der Waals surface area contributed by atoms with Crippen molar-refractivity contribution in [3.05, 3.63) is 40.4 Å². The van der Waals surface area contributed by atoms with Gasteiger partial charge in [-0.1, -0.05) is 6.07 Å². The van der Waals surface area contributed by atoms with Crippen molar-refractivity contribution in [2.45, 2.75) is 6.54 Å². The number of hydrogen-bond acceptors (Lipinski definition) is 7. The number of H-pyrrole nitrogens is 1. The first-order valence-electron chi connectivity index (χ1n) is 7.26. The number of carbonyl (C=O) groups is 1. The van der Waals surface area contributed by atoms with Crippen LogP contribution in [0, 0.1) is 0 Å². The fourth-order valence-electron chi connectivity index (χ4n) is 2.32. The van der Waals surface area contributed by atoms with Crippen molar-refractivity contribution in [3.63, 3.8) is 0 Å². The molecule has 0 spiro atoms. The minimum Gasteiger partial charge on any atom is -0.312 e. The van der Waals surface area contributed by atoms with Crippen molar-refractivity contribution in [2.75, 3.05) is 5.32 Å². The lowest BCUT2D eigenvalue weighted by atomic mass is 10.4. The second-order valence-electron chi connectivity index (χ2n) is 5.18. The molecule has 2 N–H and O–H groups in total. The van der Waals surface area contributed by atoms with E-state index in [9.17, 15) is 9.59 Å². The highest BCUT2D eigenvalue weighted by Crippen LogP contribution is 2.22. The maximum Gasteiger partial charge on any atom is 0.261 e. The van der Waals surface area contributed by atoms with Crippen molar-refractivity contribution >= 4 is 34.2 Å². The van der Waals surface area contributed by atoms with Crippen molar-refractivity contribution < 1.29 is 4.79 Å². The van der Waals surface area contributed by atoms with Gasteiger partial charge in [-0.3, -0.25) is 14.9 Å². The van der Waals surface area contributed by atoms with Gasteiger partial charge in [0.05, 0.1) is 17.4 Å². The Morgan fingerprint density at radius 3 is 3.12 bits per heavy atom. The van der Waals surface area contributed by atoms with Gasteiger partial charge in [-0.05, 0) is 11.4 Å². The quantitative estimate of drug-likeness (QED) is 0.552. The number of amides is 1. The van der Waals surface area contributed by atoms with E-state index >= 15 is 0 Å². The molecule has 0 unspecified atom stereocenters. The normalized spacial score (nSPS) is 11.1. The van der Waals surface area contributed by atoms with Gasteiger partial charge in [-0.25, -0.2) is 14.3 Å². The summed E-state index contributed by atoms with van der Waals surface area (Å²) in [5.74, 6) is 0.529. The molecule has 4 heterocycles. The van der Waals surface area contributed by atoms with Crippen molar-refractivity contribution in [2.24, 2.45) is 7.05 Å². The van der Waals surface area contributed by atoms with Crippen molar-refractivity contribution in [1.82, 2.24) is 34.5 Å². The van der Waals surface area contributed by atoms with Crippen LogP contribution in [0.1, 0.15) is 0 Å². The molecule has 0 fully saturated rings. The van der Waals surface area contributed by atoms with Crippen LogP contribution in [-0.4, -0.2) is 40.4 Å². The summed E-state index contributed by atoms with van der Waals surface area (Å²) in [7, 11) is 1.70. The monoisotopic (exact) mass is 356 g/mol. The predicted molar refractivity (Wildman–Crippen MR) is 91.1 cm³/mol. The lowest BCUT2D eigenvalue weighted by molar-refractivity contribution is -0.116. The van der Waals surface area contributed by atoms with Gasteiger partial charge in [0.25, 0.3) is 5.56 Å². The highest BCUT2D eigenvalue weighted by atomic mass is 32.1. The number of aryl methyl sites for hydroxylation is 1. The van der Waals surface area contributed by atoms with Crippen LogP contribution >= 0.6 is 11.3 Å². The predicted octanol–water partition coefficient (Wildman–Crippen LogP) is 0.615. The molecular formula is C14H12N8O2S. The molecule has 0 aliphatic rings. The Kier molecular flexibility index (Phi) is 3.61. The number of fused-ring (bicyclic) bond motifs is 1. The van der Waals surface area contributed by atoms with E-state index < -0.39 is 0 Å². The molecule has 10 nitrogen and oxygen atoms in total. The van der Waals surface area contributed by atoms with E-state index in [2.05, 4.69) is 30.5 Å². The molecule has 25 heavy (non-hydrogen) atoms. The largest absolute Gasteiger partial charge is 0.312 e. The molecule has 1 amide bonds. The number of anilines is 1. The van der Waals surface area contributed by atoms with Gasteiger partial charge in [0, 0.05) is 7.05 Å². The summed E-state index contributed by atoms with van der Waals surface area (Å²) in [6, 6.07) is 3.82. The van der Waals surface area contributed by atoms with Gasteiger partial charge in [-0.15, -0.1) is 16.4 Å². The van der Waals surface area contributed by atoms with Gasteiger partial charge in [0.2, 0.25) is 11.9 Å². The van der Waals surface area contributed by atoms with Gasteiger partial charge in [0.1, 0.15) is 11.9 Å². The van der Waals surface area contributed by atoms with Crippen LogP contribution in [0.25, 0.3) is 21.7 Å². The maximum absolute atomic E-state index is 12.3. The second kappa shape index (κ2) is 5.94. The fraction of sp³-hybridized carbons (Fsp3) is 0.143. The Labute approximate surface area is 144 Å². The van der Waals surface area contributed by atoms with Crippen LogP contribution in [0.2, 0.25) is 0 Å². The van der Waals surface area contributed by atoms with E-state index in [4.69, 9.17) is 0 Å². The summed E-state index contributed by atoms with van der Waals surface area (Å²) in [6.07, 6.45) is 2.66. The molecule has 0 aliphatic carbocycles. The van der Waals surface area contributed by atoms with Crippen LogP contribution < -0.4 is 10.9 Å². The standard InChI is InChI=1S/C14H12N8O2S/c1-21-14(19-11(20-21)9-3-2-4-25-9)18-10(23)6-22-12-8(5-17-22)13(24)16-7-15-12/h2-5,7H,6H2,1H3,(H,15,16,24)(H,18,19,20,23). The number of nitrogens with one attached hydrogen (secondary N) is 2. The van der Waals surface area contributed by atoms with E-state index in [1.54, 1.807) is 7.05 Å². The summed E-state index contributed by atoms with van der Waals surface area (Å²) >= 11 is 1.52. The molecule has 4 aromatic heterocycles. The van der Waals surface area contributed by atoms with E-state index in [1.165, 1.54) is 33.2 Å². The van der Waals surface area contributed by atoms with Crippen LogP contribution in [0.15, 0.2) is 34.8 Å². The Balaban J connectivity index is 1.54. The number of rotatable bonds is 4. The Bertz CT molecular complexity index is 1110. The minimum absolute atomic E-state index is 0.0961. The SMILES string of the molecule is Cn1nc(-c2cccs2)nc1NC(=O)Cn1ncc2c(=O)[nH]cnc21. The first kappa shape index (κ1) is 15.2. The lowest BCUT2D eigenvalue weighted by Crippen LogP contribution is -2.22. The molecule has 0 aliphatic heterocycles. The zero-order valence-electron chi connectivity index (χ0n) is 13.0. The summed E-state index contributed by atoms with van der Waals surface area (Å²) in [6.45, 7) is -0.0961. The molecule has 0 radical (unpaired) electrons. The molecule has 4 rings (SSSR count). The highest BCUT2D eigenvalue weighted by Gasteiger charge is 2.15. The molecule has 0 bridgehead atoms. The van der Waals surface area contributed by atoms with E-state index in [1.807, 2.05) is 17.5 Å². The summed E-state index contributed by atoms with van der Waals surface area (Å²) in [4.78, 5) is 35.7. The van der Waals surface area contributed by atoms with Gasteiger partial charge in [-0.2, -0.15) is 10.1 Å². The number of carbonyl (C=O) groups excluding carboxylic acids is 1. The highest BCUT2D eigenvalue weighted by molar-refractivity contribution is 7.13. The number of thiophene rings is 1. The average molecular weight is 356 g/mol. The molecule has 0 aromatic carbocycles. The van der Waals surface area contributed by atoms with E-state index in [0.717, 1.165) is 4.88 Å². The van der Waals surface area contributed by atoms with E-state index in [0.29, 0.717) is 22.8 Å². The first-order valence-corrected chi connectivity index (χ1v) is 8.14. The third-order valence-corrected chi connectivity index (χ3v) is 4.35. The number of nitrogens with zero attached hydrogens (tertiary/aromatic N) is 6. The second-order valence-corrected chi connectivity index (χ2v) is 6.13. The van der Waals surface area contributed by atoms with Crippen molar-refractivity contribution in [3.8, 4) is 10.7 Å². The van der Waals surface area contributed by atoms with Gasteiger partial charge in [0.15, 0.2) is 11.5 Å². The Hall–Kier alpha value is -3.34. The fourth-order valence-corrected chi connectivity index (χ4v) is 2.98. The molecule has 0 atom stereocenters. The summed E-state index contributed by atoms with van der Waals surface area (Å²) in [5, 5.41) is 13.3. The van der Waals surface area contributed by atoms with Gasteiger partial charge >= 0.3 is 0 Å². The third-order valence-electron chi connectivity index (χ3n) is 3.49. The molecule has 0 saturated heterocycles. The molecule has 126 valence electrons. The van der Waals surface area contributed by atoms with Crippen LogP contribution in [0.5, 0.6) is 0 Å².